The molecule has 124 valence electrons. The van der Waals surface area contributed by atoms with E-state index in [1.54, 1.807) is 18.2 Å². The Balaban J connectivity index is 1.76. The lowest BCUT2D eigenvalue weighted by Gasteiger charge is -2.29. The van der Waals surface area contributed by atoms with Crippen molar-refractivity contribution in [3.05, 3.63) is 36.0 Å². The summed E-state index contributed by atoms with van der Waals surface area (Å²) in [5, 5.41) is 2.62. The first-order valence-electron chi connectivity index (χ1n) is 6.97. The van der Waals surface area contributed by atoms with Gasteiger partial charge in [0.1, 0.15) is 5.52 Å². The van der Waals surface area contributed by atoms with Crippen LogP contribution in [0, 0.1) is 0 Å². The molecule has 0 radical (unpaired) electrons. The average molecular weight is 330 g/mol. The maximum absolute atomic E-state index is 11.8. The van der Waals surface area contributed by atoms with Crippen molar-refractivity contribution in [2.24, 2.45) is 10.7 Å². The van der Waals surface area contributed by atoms with E-state index in [9.17, 15) is 9.59 Å². The number of esters is 2. The number of hydrogen-bond donors (Lipinski definition) is 2. The number of oxazole rings is 1. The van der Waals surface area contributed by atoms with Crippen LogP contribution in [-0.4, -0.2) is 28.7 Å². The number of aliphatic imine (C=N–C) groups is 1. The maximum Gasteiger partial charge on any atom is 0.350 e. The third-order valence-electron chi connectivity index (χ3n) is 2.98. The third kappa shape index (κ3) is 3.19. The van der Waals surface area contributed by atoms with Gasteiger partial charge in [-0.3, -0.25) is 5.32 Å². The molecule has 2 heterocycles. The van der Waals surface area contributed by atoms with Gasteiger partial charge in [0.15, 0.2) is 11.2 Å². The fraction of sp³-hybridized carbons (Fsp3) is 0.200. The Morgan fingerprint density at radius 1 is 1.25 bits per heavy atom. The normalized spacial score (nSPS) is 17.4. The third-order valence-corrected chi connectivity index (χ3v) is 2.98. The number of hydrogen-bond acceptors (Lipinski definition) is 7. The summed E-state index contributed by atoms with van der Waals surface area (Å²) in [6.45, 7) is 2.90. The Morgan fingerprint density at radius 2 is 1.92 bits per heavy atom. The van der Waals surface area contributed by atoms with Crippen molar-refractivity contribution in [1.82, 2.24) is 4.98 Å². The van der Waals surface area contributed by atoms with Crippen molar-refractivity contribution in [3.63, 3.8) is 0 Å². The first-order valence-corrected chi connectivity index (χ1v) is 6.97. The Morgan fingerprint density at radius 3 is 2.58 bits per heavy atom. The molecule has 0 saturated carbocycles. The number of nitrogens with zero attached hydrogens (tertiary/aromatic N) is 2. The summed E-state index contributed by atoms with van der Waals surface area (Å²) in [6, 6.07) is 7.28. The molecule has 0 bridgehead atoms. The highest BCUT2D eigenvalue weighted by Crippen LogP contribution is 2.22. The highest BCUT2D eigenvalue weighted by molar-refractivity contribution is 6.15. The van der Waals surface area contributed by atoms with Crippen molar-refractivity contribution >= 4 is 35.0 Å². The summed E-state index contributed by atoms with van der Waals surface area (Å²) in [5.41, 5.74) is 6.54. The molecule has 0 amide bonds. The average Bonchev–Trinajstić information content (AvgIpc) is 2.87. The molecule has 3 rings (SSSR count). The summed E-state index contributed by atoms with van der Waals surface area (Å²) in [4.78, 5) is 31.4. The number of nitrogens with one attached hydrogen (secondary N) is 1. The fourth-order valence-corrected chi connectivity index (χ4v) is 1.97. The summed E-state index contributed by atoms with van der Waals surface area (Å²) < 4.78 is 15.3. The number of guanidine groups is 1. The van der Waals surface area contributed by atoms with Gasteiger partial charge in [0.2, 0.25) is 5.96 Å². The van der Waals surface area contributed by atoms with Crippen LogP contribution in [-0.2, 0) is 19.1 Å². The standard InChI is InChI=1S/C15H14N4O5/c1-15(2)23-11(20)8(12(21)24-15)7-17-13(16)19-14-18-9-5-3-4-6-10(9)22-14/h3-7H,1-2H3,(H3,16,17,18,19). The highest BCUT2D eigenvalue weighted by atomic mass is 16.7. The molecule has 9 heteroatoms. The summed E-state index contributed by atoms with van der Waals surface area (Å²) in [5.74, 6) is -3.11. The minimum atomic E-state index is -1.31. The predicted molar refractivity (Wildman–Crippen MR) is 83.6 cm³/mol. The van der Waals surface area contributed by atoms with Crippen LogP contribution < -0.4 is 11.1 Å². The Hall–Kier alpha value is -3.36. The molecule has 24 heavy (non-hydrogen) atoms. The topological polar surface area (TPSA) is 129 Å². The second kappa shape index (κ2) is 5.69. The monoisotopic (exact) mass is 330 g/mol. The molecular weight excluding hydrogens is 316 g/mol. The van der Waals surface area contributed by atoms with E-state index in [0.717, 1.165) is 6.20 Å². The van der Waals surface area contributed by atoms with E-state index in [1.165, 1.54) is 13.8 Å². The molecule has 2 aromatic rings. The van der Waals surface area contributed by atoms with E-state index in [-0.39, 0.29) is 17.5 Å². The number of aromatic nitrogens is 1. The number of benzene rings is 1. The van der Waals surface area contributed by atoms with Gasteiger partial charge in [0.25, 0.3) is 5.79 Å². The molecule has 1 saturated heterocycles. The number of anilines is 1. The lowest BCUT2D eigenvalue weighted by molar-refractivity contribution is -0.222. The van der Waals surface area contributed by atoms with Crippen LogP contribution in [0.2, 0.25) is 0 Å². The van der Waals surface area contributed by atoms with Crippen LogP contribution in [0.1, 0.15) is 13.8 Å². The van der Waals surface area contributed by atoms with Gasteiger partial charge >= 0.3 is 18.0 Å². The molecular formula is C15H14N4O5. The number of carbonyl (C=O) groups is 2. The molecule has 1 fully saturated rings. The summed E-state index contributed by atoms with van der Waals surface area (Å²) in [7, 11) is 0. The van der Waals surface area contributed by atoms with Gasteiger partial charge in [0.05, 0.1) is 6.20 Å². The molecule has 0 aliphatic carbocycles. The molecule has 3 N–H and O–H groups in total. The maximum atomic E-state index is 11.8. The van der Waals surface area contributed by atoms with Gasteiger partial charge in [-0.1, -0.05) is 12.1 Å². The van der Waals surface area contributed by atoms with Gasteiger partial charge in [-0.25, -0.2) is 14.6 Å². The largest absolute Gasteiger partial charge is 0.423 e. The van der Waals surface area contributed by atoms with Crippen molar-refractivity contribution < 1.29 is 23.5 Å². The molecule has 9 nitrogen and oxygen atoms in total. The van der Waals surface area contributed by atoms with Gasteiger partial charge < -0.3 is 19.6 Å². The zero-order valence-electron chi connectivity index (χ0n) is 12.9. The lowest BCUT2D eigenvalue weighted by atomic mass is 10.2. The minimum Gasteiger partial charge on any atom is -0.423 e. The number of nitrogens with two attached hydrogens (primary N) is 1. The second-order valence-corrected chi connectivity index (χ2v) is 5.35. The quantitative estimate of drug-likeness (QED) is 0.277. The van der Waals surface area contributed by atoms with Crippen LogP contribution >= 0.6 is 0 Å². The van der Waals surface area contributed by atoms with Crippen molar-refractivity contribution in [3.8, 4) is 0 Å². The van der Waals surface area contributed by atoms with E-state index in [4.69, 9.17) is 19.6 Å². The molecule has 0 spiro atoms. The lowest BCUT2D eigenvalue weighted by Crippen LogP contribution is -2.41. The number of cyclic esters (lactones) is 2. The van der Waals surface area contributed by atoms with E-state index in [2.05, 4.69) is 15.3 Å². The van der Waals surface area contributed by atoms with Crippen LogP contribution in [0.5, 0.6) is 0 Å². The molecule has 0 unspecified atom stereocenters. The number of rotatable bonds is 2. The molecule has 0 atom stereocenters. The molecule has 1 aliphatic rings. The van der Waals surface area contributed by atoms with E-state index in [1.807, 2.05) is 6.07 Å². The van der Waals surface area contributed by atoms with Crippen molar-refractivity contribution in [2.45, 2.75) is 19.6 Å². The number of para-hydroxylation sites is 2. The number of fused-ring (bicyclic) bond motifs is 1. The Bertz CT molecular complexity index is 826. The first kappa shape index (κ1) is 15.5. The van der Waals surface area contributed by atoms with Crippen LogP contribution in [0.4, 0.5) is 6.01 Å². The minimum absolute atomic E-state index is 0.125. The second-order valence-electron chi connectivity index (χ2n) is 5.35. The van der Waals surface area contributed by atoms with Gasteiger partial charge in [-0.2, -0.15) is 4.98 Å². The Labute approximate surface area is 136 Å². The van der Waals surface area contributed by atoms with Gasteiger partial charge in [-0.15, -0.1) is 0 Å². The zero-order chi connectivity index (χ0) is 17.3. The number of carbonyl (C=O) groups excluding carboxylic acids is 2. The SMILES string of the molecule is CC1(C)OC(=O)C(=CN=C(N)Nc2nc3ccccc3o2)C(=O)O1. The first-order chi connectivity index (χ1) is 11.3. The van der Waals surface area contributed by atoms with Gasteiger partial charge in [0, 0.05) is 13.8 Å². The van der Waals surface area contributed by atoms with Crippen LogP contribution in [0.15, 0.2) is 45.4 Å². The zero-order valence-corrected chi connectivity index (χ0v) is 12.9. The van der Waals surface area contributed by atoms with Crippen LogP contribution in [0.25, 0.3) is 11.1 Å². The molecule has 1 aliphatic heterocycles. The molecule has 1 aromatic carbocycles. The van der Waals surface area contributed by atoms with Crippen molar-refractivity contribution in [2.75, 3.05) is 5.32 Å². The van der Waals surface area contributed by atoms with E-state index in [0.29, 0.717) is 11.1 Å². The predicted octanol–water partition coefficient (Wildman–Crippen LogP) is 1.27. The fourth-order valence-electron chi connectivity index (χ4n) is 1.97. The van der Waals surface area contributed by atoms with E-state index >= 15 is 0 Å². The van der Waals surface area contributed by atoms with Crippen LogP contribution in [0.3, 0.4) is 0 Å². The smallest absolute Gasteiger partial charge is 0.350 e. The van der Waals surface area contributed by atoms with E-state index < -0.39 is 17.7 Å². The summed E-state index contributed by atoms with van der Waals surface area (Å²) in [6.07, 6.45) is 0.963. The molecule has 1 aromatic heterocycles. The van der Waals surface area contributed by atoms with Gasteiger partial charge in [-0.05, 0) is 12.1 Å². The highest BCUT2D eigenvalue weighted by Gasteiger charge is 2.38. The van der Waals surface area contributed by atoms with Crippen molar-refractivity contribution in [1.29, 1.82) is 0 Å². The summed E-state index contributed by atoms with van der Waals surface area (Å²) >= 11 is 0. The Kier molecular flexibility index (Phi) is 3.68. The number of ether oxygens (including phenoxy) is 2.